The van der Waals surface area contributed by atoms with Gasteiger partial charge in [0.05, 0.1) is 0 Å². The summed E-state index contributed by atoms with van der Waals surface area (Å²) in [5.41, 5.74) is 3.89. The van der Waals surface area contributed by atoms with Gasteiger partial charge in [0.2, 0.25) is 0 Å². The average Bonchev–Trinajstić information content (AvgIpc) is 2.35. The van der Waals surface area contributed by atoms with Crippen LogP contribution >= 0.6 is 0 Å². The van der Waals surface area contributed by atoms with Crippen LogP contribution in [0.2, 0.25) is 0 Å². The topological polar surface area (TPSA) is 72.2 Å². The number of hydrogen-bond donors (Lipinski definition) is 2. The van der Waals surface area contributed by atoms with E-state index in [2.05, 4.69) is 5.32 Å². The van der Waals surface area contributed by atoms with Gasteiger partial charge in [-0.25, -0.2) is 0 Å². The minimum atomic E-state index is -5.69. The smallest absolute Gasteiger partial charge is 0.361 e. The van der Waals surface area contributed by atoms with Gasteiger partial charge in [0.25, 0.3) is 0 Å². The summed E-state index contributed by atoms with van der Waals surface area (Å²) in [6.45, 7) is 1.09. The minimum Gasteiger partial charge on any atom is -0.361 e. The number of halogens is 5. The van der Waals surface area contributed by atoms with Gasteiger partial charge in [-0.2, -0.15) is 22.0 Å². The van der Waals surface area contributed by atoms with Gasteiger partial charge in [-0.15, -0.1) is 0 Å². The Morgan fingerprint density at radius 3 is 2.19 bits per heavy atom. The van der Waals surface area contributed by atoms with Crippen LogP contribution in [0, 0.1) is 6.92 Å². The summed E-state index contributed by atoms with van der Waals surface area (Å²) in [4.78, 5) is 21.4. The van der Waals surface area contributed by atoms with Crippen molar-refractivity contribution in [3.63, 3.8) is 0 Å². The van der Waals surface area contributed by atoms with Crippen molar-refractivity contribution in [3.8, 4) is 0 Å². The predicted octanol–water partition coefficient (Wildman–Crippen LogP) is 1.75. The van der Waals surface area contributed by atoms with E-state index in [4.69, 9.17) is 5.73 Å². The summed E-state index contributed by atoms with van der Waals surface area (Å²) in [6.07, 6.45) is -5.69. The highest BCUT2D eigenvalue weighted by molar-refractivity contribution is 6.34. The zero-order chi connectivity index (χ0) is 16.4. The molecule has 4 nitrogen and oxygen atoms in total. The number of aryl methyl sites for hydroxylation is 1. The molecule has 0 spiro atoms. The zero-order valence-electron chi connectivity index (χ0n) is 10.7. The van der Waals surface area contributed by atoms with Crippen molar-refractivity contribution in [3.05, 3.63) is 34.9 Å². The molecule has 9 heteroatoms. The molecule has 0 bridgehead atoms. The van der Waals surface area contributed by atoms with Crippen LogP contribution < -0.4 is 11.1 Å². The molecular formula is C12H11F5N2O2. The first kappa shape index (κ1) is 16.9. The molecule has 0 aromatic heterocycles. The Morgan fingerprint density at radius 2 is 1.76 bits per heavy atom. The minimum absolute atomic E-state index is 0.112. The molecule has 0 aliphatic rings. The van der Waals surface area contributed by atoms with Crippen LogP contribution in [0.1, 0.15) is 16.7 Å². The normalized spacial score (nSPS) is 12.1. The molecule has 0 atom stereocenters. The molecule has 0 heterocycles. The summed E-state index contributed by atoms with van der Waals surface area (Å²) < 4.78 is 63.0. The van der Waals surface area contributed by atoms with Crippen molar-refractivity contribution in [2.45, 2.75) is 25.6 Å². The van der Waals surface area contributed by atoms with Crippen molar-refractivity contribution in [2.24, 2.45) is 5.73 Å². The molecule has 0 fully saturated rings. The quantitative estimate of drug-likeness (QED) is 0.659. The molecule has 1 aromatic rings. The Morgan fingerprint density at radius 1 is 1.19 bits per heavy atom. The van der Waals surface area contributed by atoms with E-state index in [-0.39, 0.29) is 17.7 Å². The van der Waals surface area contributed by atoms with E-state index in [9.17, 15) is 31.5 Å². The third kappa shape index (κ3) is 3.67. The molecule has 116 valence electrons. The maximum atomic E-state index is 13.1. The molecule has 0 saturated heterocycles. The number of alkyl halides is 5. The van der Waals surface area contributed by atoms with E-state index < -0.39 is 29.5 Å². The molecule has 0 unspecified atom stereocenters. The lowest BCUT2D eigenvalue weighted by Crippen LogP contribution is -2.36. The Kier molecular flexibility index (Phi) is 4.55. The third-order valence-corrected chi connectivity index (χ3v) is 2.72. The Balaban J connectivity index is 2.96. The van der Waals surface area contributed by atoms with E-state index in [0.717, 1.165) is 6.07 Å². The maximum Gasteiger partial charge on any atom is 0.458 e. The number of nitrogens with one attached hydrogen (secondary N) is 1. The fourth-order valence-electron chi connectivity index (χ4n) is 1.52. The Labute approximate surface area is 116 Å². The SMILES string of the molecule is Cc1cc(C(F)(F)C(F)(F)F)ccc1CNC(=O)C(N)=O. The fraction of sp³-hybridized carbons (Fsp3) is 0.333. The van der Waals surface area contributed by atoms with E-state index in [1.807, 2.05) is 0 Å². The number of carbonyl (C=O) groups is 2. The first-order valence-corrected chi connectivity index (χ1v) is 5.59. The van der Waals surface area contributed by atoms with Crippen LogP contribution in [-0.4, -0.2) is 18.0 Å². The summed E-state index contributed by atoms with van der Waals surface area (Å²) >= 11 is 0. The van der Waals surface area contributed by atoms with Gasteiger partial charge >= 0.3 is 23.9 Å². The van der Waals surface area contributed by atoms with Crippen molar-refractivity contribution in [2.75, 3.05) is 0 Å². The number of amides is 2. The highest BCUT2D eigenvalue weighted by atomic mass is 19.4. The van der Waals surface area contributed by atoms with Crippen LogP contribution in [0.4, 0.5) is 22.0 Å². The zero-order valence-corrected chi connectivity index (χ0v) is 10.7. The van der Waals surface area contributed by atoms with Gasteiger partial charge in [0.1, 0.15) is 0 Å². The molecule has 0 aliphatic heterocycles. The van der Waals surface area contributed by atoms with Crippen molar-refractivity contribution in [1.82, 2.24) is 5.32 Å². The van der Waals surface area contributed by atoms with E-state index >= 15 is 0 Å². The molecule has 3 N–H and O–H groups in total. The van der Waals surface area contributed by atoms with E-state index in [1.165, 1.54) is 6.92 Å². The van der Waals surface area contributed by atoms with Gasteiger partial charge in [-0.1, -0.05) is 12.1 Å². The third-order valence-electron chi connectivity index (χ3n) is 2.72. The number of rotatable bonds is 3. The molecule has 0 radical (unpaired) electrons. The van der Waals surface area contributed by atoms with Gasteiger partial charge in [0.15, 0.2) is 0 Å². The average molecular weight is 310 g/mol. The number of hydrogen-bond acceptors (Lipinski definition) is 2. The summed E-state index contributed by atoms with van der Waals surface area (Å²) in [5, 5.41) is 2.10. The van der Waals surface area contributed by atoms with Gasteiger partial charge < -0.3 is 11.1 Å². The van der Waals surface area contributed by atoms with Gasteiger partial charge in [-0.3, -0.25) is 9.59 Å². The number of primary amides is 1. The Hall–Kier alpha value is -2.19. The largest absolute Gasteiger partial charge is 0.458 e. The Bertz CT molecular complexity index is 569. The molecule has 0 aliphatic carbocycles. The molecule has 0 saturated carbocycles. The molecule has 2 amide bonds. The highest BCUT2D eigenvalue weighted by Crippen LogP contribution is 2.44. The van der Waals surface area contributed by atoms with Crippen LogP contribution in [0.5, 0.6) is 0 Å². The van der Waals surface area contributed by atoms with Crippen molar-refractivity contribution < 1.29 is 31.5 Å². The second-order valence-corrected chi connectivity index (χ2v) is 4.26. The first-order chi connectivity index (χ1) is 9.46. The second-order valence-electron chi connectivity index (χ2n) is 4.26. The summed E-state index contributed by atoms with van der Waals surface area (Å²) in [5.74, 6) is -7.28. The second kappa shape index (κ2) is 5.66. The number of benzene rings is 1. The lowest BCUT2D eigenvalue weighted by atomic mass is 10.0. The highest BCUT2D eigenvalue weighted by Gasteiger charge is 2.58. The maximum absolute atomic E-state index is 13.1. The van der Waals surface area contributed by atoms with Crippen LogP contribution in [0.3, 0.4) is 0 Å². The predicted molar refractivity (Wildman–Crippen MR) is 62.2 cm³/mol. The van der Waals surface area contributed by atoms with E-state index in [0.29, 0.717) is 12.1 Å². The van der Waals surface area contributed by atoms with Crippen LogP contribution in [-0.2, 0) is 22.1 Å². The lowest BCUT2D eigenvalue weighted by molar-refractivity contribution is -0.289. The number of carbonyl (C=O) groups excluding carboxylic acids is 2. The molecule has 1 aromatic carbocycles. The summed E-state index contributed by atoms with van der Waals surface area (Å²) in [7, 11) is 0. The van der Waals surface area contributed by atoms with Crippen molar-refractivity contribution >= 4 is 11.8 Å². The first-order valence-electron chi connectivity index (χ1n) is 5.59. The standard InChI is InChI=1S/C12H11F5N2O2/c1-6-4-8(11(13,14)12(15,16)17)3-2-7(6)5-19-10(21)9(18)20/h2-4H,5H2,1H3,(H2,18,20)(H,19,21). The van der Waals surface area contributed by atoms with Gasteiger partial charge in [-0.05, 0) is 24.1 Å². The van der Waals surface area contributed by atoms with Crippen LogP contribution in [0.15, 0.2) is 18.2 Å². The van der Waals surface area contributed by atoms with Crippen molar-refractivity contribution in [1.29, 1.82) is 0 Å². The molecular weight excluding hydrogens is 299 g/mol. The number of nitrogens with two attached hydrogens (primary N) is 1. The molecule has 21 heavy (non-hydrogen) atoms. The fourth-order valence-corrected chi connectivity index (χ4v) is 1.52. The lowest BCUT2D eigenvalue weighted by Gasteiger charge is -2.21. The van der Waals surface area contributed by atoms with E-state index in [1.54, 1.807) is 0 Å². The molecule has 1 rings (SSSR count). The summed E-state index contributed by atoms with van der Waals surface area (Å²) in [6, 6.07) is 2.32. The van der Waals surface area contributed by atoms with Crippen LogP contribution in [0.25, 0.3) is 0 Å². The monoisotopic (exact) mass is 310 g/mol. The van der Waals surface area contributed by atoms with Gasteiger partial charge in [0, 0.05) is 12.1 Å².